The van der Waals surface area contributed by atoms with Gasteiger partial charge in [0.05, 0.1) is 33.2 Å². The van der Waals surface area contributed by atoms with E-state index in [1.807, 2.05) is 53.4 Å². The number of methoxy groups -OCH3 is 2. The lowest BCUT2D eigenvalue weighted by Crippen LogP contribution is -2.48. The lowest BCUT2D eigenvalue weighted by atomic mass is 9.94. The van der Waals surface area contributed by atoms with E-state index < -0.39 is 0 Å². The Morgan fingerprint density at radius 3 is 2.31 bits per heavy atom. The molecule has 0 saturated heterocycles. The first kappa shape index (κ1) is 28.4. The van der Waals surface area contributed by atoms with Crippen molar-refractivity contribution in [3.63, 3.8) is 0 Å². The molecule has 1 saturated carbocycles. The van der Waals surface area contributed by atoms with Crippen LogP contribution in [0.15, 0.2) is 72.9 Å². The topological polar surface area (TPSA) is 64.0 Å². The average molecular weight is 532 g/mol. The van der Waals surface area contributed by atoms with Crippen LogP contribution in [0, 0.1) is 0 Å². The number of hydrogen-bond donors (Lipinski definition) is 0. The minimum atomic E-state index is -0.0818. The maximum atomic E-state index is 13.9. The van der Waals surface area contributed by atoms with Crippen LogP contribution >= 0.6 is 0 Å². The molecular formula is C32H41N3O4. The third kappa shape index (κ3) is 8.20. The molecule has 1 heterocycles. The van der Waals surface area contributed by atoms with E-state index in [1.54, 1.807) is 19.1 Å². The summed E-state index contributed by atoms with van der Waals surface area (Å²) in [5, 5.41) is 0. The van der Waals surface area contributed by atoms with Gasteiger partial charge in [-0.3, -0.25) is 9.59 Å². The Bertz CT molecular complexity index is 1170. The van der Waals surface area contributed by atoms with Gasteiger partial charge in [0.1, 0.15) is 5.75 Å². The zero-order valence-corrected chi connectivity index (χ0v) is 23.3. The highest BCUT2D eigenvalue weighted by Crippen LogP contribution is 2.25. The van der Waals surface area contributed by atoms with Crippen molar-refractivity contribution in [1.29, 1.82) is 0 Å². The smallest absolute Gasteiger partial charge is 0.242 e. The maximum absolute atomic E-state index is 13.9. The number of benzene rings is 2. The predicted octanol–water partition coefficient (Wildman–Crippen LogP) is 4.92. The summed E-state index contributed by atoms with van der Waals surface area (Å²) in [4.78, 5) is 30.9. The van der Waals surface area contributed by atoms with Gasteiger partial charge in [0.2, 0.25) is 11.8 Å². The molecule has 0 unspecified atom stereocenters. The Kier molecular flexibility index (Phi) is 10.6. The molecule has 2 amide bonds. The number of carbonyl (C=O) groups is 2. The summed E-state index contributed by atoms with van der Waals surface area (Å²) in [6.45, 7) is 2.10. The standard InChI is InChI=1S/C32H41N3O4/c1-38-21-20-34(31(36)22-26-15-17-30(39-2)18-16-26)25-32(37)35(28-12-7-4-8-13-28)24-29-14-9-19-33(29)23-27-10-5-3-6-11-27/h3,5-6,9-11,14-19,28H,4,7-8,12-13,20-25H2,1-2H3. The Morgan fingerprint density at radius 1 is 0.872 bits per heavy atom. The van der Waals surface area contributed by atoms with Crippen molar-refractivity contribution in [2.45, 2.75) is 57.7 Å². The highest BCUT2D eigenvalue weighted by molar-refractivity contribution is 5.86. The molecule has 3 aromatic rings. The van der Waals surface area contributed by atoms with Gasteiger partial charge in [-0.1, -0.05) is 61.7 Å². The summed E-state index contributed by atoms with van der Waals surface area (Å²) in [6.07, 6.45) is 7.78. The van der Waals surface area contributed by atoms with Gasteiger partial charge < -0.3 is 23.8 Å². The predicted molar refractivity (Wildman–Crippen MR) is 153 cm³/mol. The summed E-state index contributed by atoms with van der Waals surface area (Å²) >= 11 is 0. The van der Waals surface area contributed by atoms with Gasteiger partial charge >= 0.3 is 0 Å². The van der Waals surface area contributed by atoms with E-state index in [2.05, 4.69) is 29.0 Å². The highest BCUT2D eigenvalue weighted by Gasteiger charge is 2.29. The van der Waals surface area contributed by atoms with Gasteiger partial charge in [0.25, 0.3) is 0 Å². The first-order valence-corrected chi connectivity index (χ1v) is 13.9. The van der Waals surface area contributed by atoms with E-state index in [4.69, 9.17) is 9.47 Å². The normalized spacial score (nSPS) is 13.7. The van der Waals surface area contributed by atoms with Crippen molar-refractivity contribution in [2.75, 3.05) is 33.9 Å². The molecule has 208 valence electrons. The second kappa shape index (κ2) is 14.5. The largest absolute Gasteiger partial charge is 0.497 e. The van der Waals surface area contributed by atoms with Crippen LogP contribution in [0.25, 0.3) is 0 Å². The molecule has 1 fully saturated rings. The molecule has 0 aliphatic heterocycles. The maximum Gasteiger partial charge on any atom is 0.242 e. The van der Waals surface area contributed by atoms with Crippen molar-refractivity contribution in [2.24, 2.45) is 0 Å². The number of amides is 2. The Balaban J connectivity index is 1.49. The number of nitrogens with zero attached hydrogens (tertiary/aromatic N) is 3. The molecule has 1 aliphatic carbocycles. The Morgan fingerprint density at radius 2 is 1.62 bits per heavy atom. The summed E-state index contributed by atoms with van der Waals surface area (Å²) in [5.41, 5.74) is 3.21. The van der Waals surface area contributed by atoms with Gasteiger partial charge in [-0.25, -0.2) is 0 Å². The van der Waals surface area contributed by atoms with E-state index in [1.165, 1.54) is 12.0 Å². The first-order valence-electron chi connectivity index (χ1n) is 13.9. The lowest BCUT2D eigenvalue weighted by molar-refractivity contribution is -0.143. The summed E-state index contributed by atoms with van der Waals surface area (Å²) in [7, 11) is 3.23. The van der Waals surface area contributed by atoms with Crippen LogP contribution in [0.1, 0.15) is 48.9 Å². The fourth-order valence-corrected chi connectivity index (χ4v) is 5.29. The highest BCUT2D eigenvalue weighted by atomic mass is 16.5. The summed E-state index contributed by atoms with van der Waals surface area (Å²) in [6, 6.07) is 22.2. The molecule has 0 N–H and O–H groups in total. The molecule has 1 aliphatic rings. The lowest BCUT2D eigenvalue weighted by Gasteiger charge is -2.36. The fraction of sp³-hybridized carbons (Fsp3) is 0.438. The number of carbonyl (C=O) groups excluding carboxylic acids is 2. The molecule has 0 spiro atoms. The summed E-state index contributed by atoms with van der Waals surface area (Å²) in [5.74, 6) is 0.660. The minimum Gasteiger partial charge on any atom is -0.497 e. The first-order chi connectivity index (χ1) is 19.1. The van der Waals surface area contributed by atoms with E-state index in [0.717, 1.165) is 49.2 Å². The molecule has 0 radical (unpaired) electrons. The minimum absolute atomic E-state index is 0.00598. The zero-order valence-electron chi connectivity index (χ0n) is 23.3. The number of rotatable bonds is 13. The van der Waals surface area contributed by atoms with Crippen molar-refractivity contribution in [3.05, 3.63) is 89.7 Å². The van der Waals surface area contributed by atoms with Gasteiger partial charge in [0, 0.05) is 38.1 Å². The van der Waals surface area contributed by atoms with Crippen LogP contribution in [0.3, 0.4) is 0 Å². The molecule has 2 aromatic carbocycles. The number of aromatic nitrogens is 1. The van der Waals surface area contributed by atoms with E-state index in [0.29, 0.717) is 19.7 Å². The van der Waals surface area contributed by atoms with Crippen LogP contribution in [0.4, 0.5) is 0 Å². The fourth-order valence-electron chi connectivity index (χ4n) is 5.29. The van der Waals surface area contributed by atoms with E-state index in [9.17, 15) is 9.59 Å². The molecule has 7 heteroatoms. The second-order valence-electron chi connectivity index (χ2n) is 10.3. The third-order valence-corrected chi connectivity index (χ3v) is 7.55. The average Bonchev–Trinajstić information content (AvgIpc) is 3.41. The van der Waals surface area contributed by atoms with Crippen LogP contribution in [-0.4, -0.2) is 66.1 Å². The van der Waals surface area contributed by atoms with Crippen molar-refractivity contribution in [1.82, 2.24) is 14.4 Å². The van der Waals surface area contributed by atoms with Crippen LogP contribution in [0.5, 0.6) is 5.75 Å². The molecule has 7 nitrogen and oxygen atoms in total. The SMILES string of the molecule is COCCN(CC(=O)N(Cc1cccn1Cc1ccccc1)C1CCCCC1)C(=O)Cc1ccc(OC)cc1. The number of hydrogen-bond acceptors (Lipinski definition) is 4. The van der Waals surface area contributed by atoms with Crippen LogP contribution < -0.4 is 4.74 Å². The van der Waals surface area contributed by atoms with Crippen molar-refractivity contribution in [3.8, 4) is 5.75 Å². The molecular weight excluding hydrogens is 490 g/mol. The monoisotopic (exact) mass is 531 g/mol. The van der Waals surface area contributed by atoms with E-state index in [-0.39, 0.29) is 30.8 Å². The van der Waals surface area contributed by atoms with Gasteiger partial charge in [0.15, 0.2) is 0 Å². The van der Waals surface area contributed by atoms with Crippen molar-refractivity contribution >= 4 is 11.8 Å². The molecule has 1 aromatic heterocycles. The Hall–Kier alpha value is -3.58. The van der Waals surface area contributed by atoms with E-state index >= 15 is 0 Å². The van der Waals surface area contributed by atoms with Gasteiger partial charge in [-0.05, 0) is 48.2 Å². The molecule has 39 heavy (non-hydrogen) atoms. The van der Waals surface area contributed by atoms with Gasteiger partial charge in [-0.2, -0.15) is 0 Å². The molecule has 4 rings (SSSR count). The van der Waals surface area contributed by atoms with Crippen molar-refractivity contribution < 1.29 is 19.1 Å². The quantitative estimate of drug-likeness (QED) is 0.314. The van der Waals surface area contributed by atoms with Crippen LogP contribution in [-0.2, 0) is 33.8 Å². The van der Waals surface area contributed by atoms with Crippen LogP contribution in [0.2, 0.25) is 0 Å². The molecule has 0 bridgehead atoms. The summed E-state index contributed by atoms with van der Waals surface area (Å²) < 4.78 is 12.7. The second-order valence-corrected chi connectivity index (χ2v) is 10.3. The zero-order chi connectivity index (χ0) is 27.5. The third-order valence-electron chi connectivity index (χ3n) is 7.55. The molecule has 0 atom stereocenters. The number of ether oxygens (including phenoxy) is 2. The van der Waals surface area contributed by atoms with Gasteiger partial charge in [-0.15, -0.1) is 0 Å². The Labute approximate surface area is 232 Å².